The molecular weight excluding hydrogens is 226 g/mol. The fourth-order valence-electron chi connectivity index (χ4n) is 2.62. The van der Waals surface area contributed by atoms with Crippen molar-refractivity contribution in [2.75, 3.05) is 33.8 Å². The van der Waals surface area contributed by atoms with Crippen molar-refractivity contribution in [3.63, 3.8) is 0 Å². The zero-order chi connectivity index (χ0) is 13.0. The predicted molar refractivity (Wildman–Crippen MR) is 72.2 cm³/mol. The van der Waals surface area contributed by atoms with Gasteiger partial charge in [0.2, 0.25) is 0 Å². The van der Waals surface area contributed by atoms with Crippen LogP contribution in [0.1, 0.15) is 24.5 Å². The molecule has 0 radical (unpaired) electrons. The summed E-state index contributed by atoms with van der Waals surface area (Å²) < 4.78 is 6.89. The number of ether oxygens (including phenoxy) is 1. The Hall–Kier alpha value is -0.900. The van der Waals surface area contributed by atoms with Gasteiger partial charge in [0.15, 0.2) is 0 Å². The molecule has 1 heterocycles. The van der Waals surface area contributed by atoms with Gasteiger partial charge in [-0.05, 0) is 18.4 Å². The number of hydrogen-bond acceptors (Lipinski definition) is 2. The van der Waals surface area contributed by atoms with Crippen molar-refractivity contribution in [1.29, 1.82) is 0 Å². The molecule has 100 valence electrons. The lowest BCUT2D eigenvalue weighted by Gasteiger charge is -2.38. The van der Waals surface area contributed by atoms with Gasteiger partial charge in [0.1, 0.15) is 18.8 Å². The van der Waals surface area contributed by atoms with E-state index in [2.05, 4.69) is 14.1 Å². The summed E-state index contributed by atoms with van der Waals surface area (Å²) in [6.07, 6.45) is 2.10. The van der Waals surface area contributed by atoms with Crippen LogP contribution in [0.5, 0.6) is 0 Å². The van der Waals surface area contributed by atoms with Crippen LogP contribution in [-0.4, -0.2) is 49.5 Å². The zero-order valence-corrected chi connectivity index (χ0v) is 11.4. The topological polar surface area (TPSA) is 29.5 Å². The Bertz CT molecular complexity index is 364. The van der Waals surface area contributed by atoms with Gasteiger partial charge < -0.3 is 14.3 Å². The molecule has 18 heavy (non-hydrogen) atoms. The minimum atomic E-state index is -0.510. The van der Waals surface area contributed by atoms with E-state index in [0.717, 1.165) is 23.0 Å². The molecule has 1 saturated heterocycles. The molecule has 2 atom stereocenters. The Labute approximate surface area is 110 Å². The van der Waals surface area contributed by atoms with Crippen LogP contribution in [0.25, 0.3) is 0 Å². The smallest absolute Gasteiger partial charge is 0.107 e. The standard InChI is InChI=1S/C15H24NO2/c1-16(2)10-6-9-14(11-16)18-12-15(17)13-7-4-3-5-8-13/h3-5,7-8,14-15,17H,6,9-12H2,1-2H3/q+1. The molecule has 0 saturated carbocycles. The maximum atomic E-state index is 10.1. The number of piperidine rings is 1. The number of rotatable bonds is 4. The van der Waals surface area contributed by atoms with Crippen molar-refractivity contribution in [2.24, 2.45) is 0 Å². The van der Waals surface area contributed by atoms with Crippen LogP contribution in [0.15, 0.2) is 30.3 Å². The monoisotopic (exact) mass is 250 g/mol. The lowest BCUT2D eigenvalue weighted by atomic mass is 10.1. The summed E-state index contributed by atoms with van der Waals surface area (Å²) >= 11 is 0. The third-order valence-corrected chi connectivity index (χ3v) is 3.66. The average molecular weight is 250 g/mol. The highest BCUT2D eigenvalue weighted by molar-refractivity contribution is 5.17. The molecule has 0 amide bonds. The van der Waals surface area contributed by atoms with Gasteiger partial charge in [0.25, 0.3) is 0 Å². The molecule has 2 unspecified atom stereocenters. The number of aliphatic hydroxyl groups is 1. The first kappa shape index (κ1) is 13.5. The Kier molecular flexibility index (Phi) is 4.38. The van der Waals surface area contributed by atoms with Crippen LogP contribution in [0.3, 0.4) is 0 Å². The first-order chi connectivity index (χ1) is 8.57. The number of quaternary nitrogens is 1. The summed E-state index contributed by atoms with van der Waals surface area (Å²) in [5.41, 5.74) is 0.932. The van der Waals surface area contributed by atoms with E-state index in [4.69, 9.17) is 4.74 Å². The average Bonchev–Trinajstić information content (AvgIpc) is 2.36. The van der Waals surface area contributed by atoms with Crippen molar-refractivity contribution in [1.82, 2.24) is 0 Å². The molecule has 0 aromatic heterocycles. The summed E-state index contributed by atoms with van der Waals surface area (Å²) in [5, 5.41) is 10.1. The molecule has 0 spiro atoms. The lowest BCUT2D eigenvalue weighted by Crippen LogP contribution is -2.50. The Morgan fingerprint density at radius 1 is 1.33 bits per heavy atom. The fraction of sp³-hybridized carbons (Fsp3) is 0.600. The van der Waals surface area contributed by atoms with E-state index in [0.29, 0.717) is 6.61 Å². The molecule has 1 aliphatic heterocycles. The van der Waals surface area contributed by atoms with E-state index in [9.17, 15) is 5.11 Å². The van der Waals surface area contributed by atoms with Crippen LogP contribution in [0, 0.1) is 0 Å². The van der Waals surface area contributed by atoms with Crippen LogP contribution in [0.4, 0.5) is 0 Å². The van der Waals surface area contributed by atoms with Gasteiger partial charge in [-0.1, -0.05) is 30.3 Å². The molecule has 1 N–H and O–H groups in total. The fourth-order valence-corrected chi connectivity index (χ4v) is 2.62. The molecule has 1 aromatic rings. The first-order valence-corrected chi connectivity index (χ1v) is 6.73. The molecule has 1 aliphatic rings. The second-order valence-corrected chi connectivity index (χ2v) is 5.87. The van der Waals surface area contributed by atoms with Crippen LogP contribution in [0.2, 0.25) is 0 Å². The first-order valence-electron chi connectivity index (χ1n) is 6.73. The maximum absolute atomic E-state index is 10.1. The van der Waals surface area contributed by atoms with E-state index in [1.165, 1.54) is 13.0 Å². The second kappa shape index (κ2) is 5.83. The quantitative estimate of drug-likeness (QED) is 0.828. The van der Waals surface area contributed by atoms with E-state index < -0.39 is 6.10 Å². The van der Waals surface area contributed by atoms with Gasteiger partial charge in [-0.25, -0.2) is 0 Å². The molecule has 0 bridgehead atoms. The largest absolute Gasteiger partial charge is 0.386 e. The summed E-state index contributed by atoms with van der Waals surface area (Å²) in [5.74, 6) is 0. The number of hydrogen-bond donors (Lipinski definition) is 1. The van der Waals surface area contributed by atoms with E-state index >= 15 is 0 Å². The minimum Gasteiger partial charge on any atom is -0.386 e. The third-order valence-electron chi connectivity index (χ3n) is 3.66. The normalized spacial score (nSPS) is 24.7. The lowest BCUT2D eigenvalue weighted by molar-refractivity contribution is -0.898. The maximum Gasteiger partial charge on any atom is 0.107 e. The van der Waals surface area contributed by atoms with Crippen LogP contribution in [-0.2, 0) is 4.74 Å². The predicted octanol–water partition coefficient (Wildman–Crippen LogP) is 1.98. The zero-order valence-electron chi connectivity index (χ0n) is 11.4. The molecule has 3 heteroatoms. The minimum absolute atomic E-state index is 0.284. The van der Waals surface area contributed by atoms with Crippen molar-refractivity contribution in [2.45, 2.75) is 25.0 Å². The summed E-state index contributed by atoms with van der Waals surface area (Å²) in [4.78, 5) is 0. The highest BCUT2D eigenvalue weighted by Crippen LogP contribution is 2.19. The number of aliphatic hydroxyl groups excluding tert-OH is 1. The number of likely N-dealkylation sites (tertiary alicyclic amines) is 1. The van der Waals surface area contributed by atoms with E-state index in [1.807, 2.05) is 30.3 Å². The number of likely N-dealkylation sites (N-methyl/N-ethyl adjacent to an activating group) is 1. The molecular formula is C15H24NO2+. The van der Waals surface area contributed by atoms with Crippen molar-refractivity contribution in [3.05, 3.63) is 35.9 Å². The van der Waals surface area contributed by atoms with E-state index in [1.54, 1.807) is 0 Å². The molecule has 0 aliphatic carbocycles. The van der Waals surface area contributed by atoms with Crippen LogP contribution >= 0.6 is 0 Å². The highest BCUT2D eigenvalue weighted by Gasteiger charge is 2.28. The molecule has 3 nitrogen and oxygen atoms in total. The van der Waals surface area contributed by atoms with Gasteiger partial charge >= 0.3 is 0 Å². The van der Waals surface area contributed by atoms with Gasteiger partial charge in [-0.3, -0.25) is 0 Å². The van der Waals surface area contributed by atoms with Crippen molar-refractivity contribution in [3.8, 4) is 0 Å². The van der Waals surface area contributed by atoms with Gasteiger partial charge in [0, 0.05) is 0 Å². The second-order valence-electron chi connectivity index (χ2n) is 5.87. The summed E-state index contributed by atoms with van der Waals surface area (Å²) in [7, 11) is 4.48. The SMILES string of the molecule is C[N+]1(C)CCCC(OCC(O)c2ccccc2)C1. The molecule has 1 fully saturated rings. The van der Waals surface area contributed by atoms with Gasteiger partial charge in [-0.15, -0.1) is 0 Å². The Morgan fingerprint density at radius 2 is 2.06 bits per heavy atom. The molecule has 1 aromatic carbocycles. The molecule has 2 rings (SSSR count). The Balaban J connectivity index is 1.81. The van der Waals surface area contributed by atoms with Crippen molar-refractivity contribution >= 4 is 0 Å². The van der Waals surface area contributed by atoms with Gasteiger partial charge in [0.05, 0.1) is 27.2 Å². The van der Waals surface area contributed by atoms with E-state index in [-0.39, 0.29) is 6.10 Å². The highest BCUT2D eigenvalue weighted by atomic mass is 16.5. The van der Waals surface area contributed by atoms with Crippen molar-refractivity contribution < 1.29 is 14.3 Å². The summed E-state index contributed by atoms with van der Waals surface area (Å²) in [6, 6.07) is 9.72. The van der Waals surface area contributed by atoms with Gasteiger partial charge in [-0.2, -0.15) is 0 Å². The third kappa shape index (κ3) is 3.80. The summed E-state index contributed by atoms with van der Waals surface area (Å²) in [6.45, 7) is 2.66. The van der Waals surface area contributed by atoms with Crippen LogP contribution < -0.4 is 0 Å². The number of nitrogens with zero attached hydrogens (tertiary/aromatic N) is 1. The number of benzene rings is 1. The Morgan fingerprint density at radius 3 is 2.72 bits per heavy atom.